The van der Waals surface area contributed by atoms with E-state index in [-0.39, 0.29) is 0 Å². The van der Waals surface area contributed by atoms with Crippen molar-refractivity contribution < 1.29 is 0 Å². The van der Waals surface area contributed by atoms with Crippen LogP contribution in [-0.2, 0) is 0 Å². The second-order valence-electron chi connectivity index (χ2n) is 3.57. The summed E-state index contributed by atoms with van der Waals surface area (Å²) in [6.07, 6.45) is 0. The molecule has 1 N–H and O–H groups in total. The number of hydrogen-bond donors (Lipinski definition) is 1. The molecule has 0 radical (unpaired) electrons. The molecular formula is C14H14BrNS. The predicted octanol–water partition coefficient (Wildman–Crippen LogP) is 4.65. The molecule has 2 rings (SSSR count). The minimum absolute atomic E-state index is 0.968. The van der Waals surface area contributed by atoms with Crippen molar-refractivity contribution in [3.63, 3.8) is 0 Å². The molecule has 0 saturated heterocycles. The first-order valence-corrected chi connectivity index (χ1v) is 7.30. The van der Waals surface area contributed by atoms with Crippen molar-refractivity contribution in [1.29, 1.82) is 0 Å². The van der Waals surface area contributed by atoms with Gasteiger partial charge in [-0.2, -0.15) is 0 Å². The van der Waals surface area contributed by atoms with Crippen molar-refractivity contribution >= 4 is 33.4 Å². The minimum atomic E-state index is 0.968. The van der Waals surface area contributed by atoms with E-state index in [1.165, 1.54) is 15.1 Å². The lowest BCUT2D eigenvalue weighted by molar-refractivity contribution is 1.22. The maximum atomic E-state index is 3.55. The number of rotatable bonds is 5. The van der Waals surface area contributed by atoms with Crippen LogP contribution in [0.3, 0.4) is 0 Å². The van der Waals surface area contributed by atoms with Gasteiger partial charge in [-0.05, 0) is 40.2 Å². The first-order valence-electron chi connectivity index (χ1n) is 5.52. The summed E-state index contributed by atoms with van der Waals surface area (Å²) in [4.78, 5) is 1.29. The van der Waals surface area contributed by atoms with Gasteiger partial charge in [0.2, 0.25) is 0 Å². The Morgan fingerprint density at radius 3 is 2.41 bits per heavy atom. The fraction of sp³-hybridized carbons (Fsp3) is 0.143. The van der Waals surface area contributed by atoms with Crippen molar-refractivity contribution in [2.75, 3.05) is 17.6 Å². The van der Waals surface area contributed by atoms with Crippen molar-refractivity contribution in [3.8, 4) is 0 Å². The topological polar surface area (TPSA) is 12.0 Å². The fourth-order valence-electron chi connectivity index (χ4n) is 1.47. The van der Waals surface area contributed by atoms with Gasteiger partial charge >= 0.3 is 0 Å². The van der Waals surface area contributed by atoms with E-state index in [0.717, 1.165) is 12.3 Å². The van der Waals surface area contributed by atoms with Crippen LogP contribution in [0.2, 0.25) is 0 Å². The maximum Gasteiger partial charge on any atom is 0.0340 e. The first-order chi connectivity index (χ1) is 8.36. The Hall–Kier alpha value is -0.930. The highest BCUT2D eigenvalue weighted by Gasteiger charge is 1.98. The van der Waals surface area contributed by atoms with Gasteiger partial charge in [0.05, 0.1) is 0 Å². The highest BCUT2D eigenvalue weighted by atomic mass is 79.9. The molecule has 0 aliphatic carbocycles. The SMILES string of the molecule is Brc1ccccc1SCCNc1ccccc1. The molecule has 88 valence electrons. The summed E-state index contributed by atoms with van der Waals surface area (Å²) in [6, 6.07) is 18.6. The van der Waals surface area contributed by atoms with E-state index in [1.54, 1.807) is 0 Å². The molecule has 0 aromatic heterocycles. The van der Waals surface area contributed by atoms with E-state index < -0.39 is 0 Å². The van der Waals surface area contributed by atoms with Crippen LogP contribution in [0, 0.1) is 0 Å². The Morgan fingerprint density at radius 1 is 0.941 bits per heavy atom. The third-order valence-electron chi connectivity index (χ3n) is 2.30. The lowest BCUT2D eigenvalue weighted by Gasteiger charge is -2.06. The van der Waals surface area contributed by atoms with Gasteiger partial charge in [0.15, 0.2) is 0 Å². The molecule has 0 fully saturated rings. The van der Waals surface area contributed by atoms with Crippen LogP contribution in [0.5, 0.6) is 0 Å². The summed E-state index contributed by atoms with van der Waals surface area (Å²) >= 11 is 5.41. The second-order valence-corrected chi connectivity index (χ2v) is 5.56. The molecule has 1 nitrogen and oxygen atoms in total. The van der Waals surface area contributed by atoms with Crippen molar-refractivity contribution in [2.24, 2.45) is 0 Å². The molecule has 0 amide bonds. The number of hydrogen-bond acceptors (Lipinski definition) is 2. The zero-order chi connectivity index (χ0) is 11.9. The summed E-state index contributed by atoms with van der Waals surface area (Å²) in [7, 11) is 0. The normalized spacial score (nSPS) is 10.2. The number of halogens is 1. The zero-order valence-electron chi connectivity index (χ0n) is 9.40. The molecule has 0 aliphatic heterocycles. The fourth-order valence-corrected chi connectivity index (χ4v) is 2.91. The average Bonchev–Trinajstić information content (AvgIpc) is 2.38. The van der Waals surface area contributed by atoms with Crippen LogP contribution in [-0.4, -0.2) is 12.3 Å². The number of benzene rings is 2. The molecule has 0 bridgehead atoms. The van der Waals surface area contributed by atoms with Crippen molar-refractivity contribution in [1.82, 2.24) is 0 Å². The molecule has 0 spiro atoms. The highest BCUT2D eigenvalue weighted by Crippen LogP contribution is 2.26. The van der Waals surface area contributed by atoms with E-state index in [1.807, 2.05) is 36.0 Å². The number of thioether (sulfide) groups is 1. The Balaban J connectivity index is 1.76. The molecule has 2 aromatic rings. The monoisotopic (exact) mass is 307 g/mol. The minimum Gasteiger partial charge on any atom is -0.384 e. The van der Waals surface area contributed by atoms with E-state index in [0.29, 0.717) is 0 Å². The predicted molar refractivity (Wildman–Crippen MR) is 79.8 cm³/mol. The molecule has 0 unspecified atom stereocenters. The van der Waals surface area contributed by atoms with Crippen LogP contribution in [0.15, 0.2) is 64.0 Å². The average molecular weight is 308 g/mol. The van der Waals surface area contributed by atoms with Crippen LogP contribution < -0.4 is 5.32 Å². The molecule has 17 heavy (non-hydrogen) atoms. The number of para-hydroxylation sites is 1. The summed E-state index contributed by atoms with van der Waals surface area (Å²) in [5.41, 5.74) is 1.18. The van der Waals surface area contributed by atoms with Gasteiger partial charge in [-0.25, -0.2) is 0 Å². The smallest absolute Gasteiger partial charge is 0.0340 e. The Kier molecular flexibility index (Phi) is 4.95. The largest absolute Gasteiger partial charge is 0.384 e. The van der Waals surface area contributed by atoms with E-state index >= 15 is 0 Å². The third kappa shape index (κ3) is 4.10. The van der Waals surface area contributed by atoms with Gasteiger partial charge in [0, 0.05) is 27.4 Å². The van der Waals surface area contributed by atoms with Crippen LogP contribution in [0.1, 0.15) is 0 Å². The van der Waals surface area contributed by atoms with E-state index in [9.17, 15) is 0 Å². The van der Waals surface area contributed by atoms with Gasteiger partial charge in [0.1, 0.15) is 0 Å². The van der Waals surface area contributed by atoms with Crippen LogP contribution in [0.25, 0.3) is 0 Å². The Labute approximate surface area is 115 Å². The molecule has 3 heteroatoms. The van der Waals surface area contributed by atoms with Gasteiger partial charge in [-0.3, -0.25) is 0 Å². The van der Waals surface area contributed by atoms with Gasteiger partial charge in [0.25, 0.3) is 0 Å². The van der Waals surface area contributed by atoms with Crippen LogP contribution >= 0.6 is 27.7 Å². The highest BCUT2D eigenvalue weighted by molar-refractivity contribution is 9.10. The standard InChI is InChI=1S/C14H14BrNS/c15-13-8-4-5-9-14(13)17-11-10-16-12-6-2-1-3-7-12/h1-9,16H,10-11H2. The number of anilines is 1. The summed E-state index contributed by atoms with van der Waals surface area (Å²) in [5.74, 6) is 1.05. The molecular weight excluding hydrogens is 294 g/mol. The van der Waals surface area contributed by atoms with Crippen LogP contribution in [0.4, 0.5) is 5.69 Å². The second kappa shape index (κ2) is 6.72. The molecule has 0 aliphatic rings. The summed E-state index contributed by atoms with van der Waals surface area (Å²) < 4.78 is 1.17. The van der Waals surface area contributed by atoms with Crippen molar-refractivity contribution in [3.05, 3.63) is 59.1 Å². The summed E-state index contributed by atoms with van der Waals surface area (Å²) in [5, 5.41) is 3.40. The van der Waals surface area contributed by atoms with E-state index in [4.69, 9.17) is 0 Å². The van der Waals surface area contributed by atoms with Crippen molar-refractivity contribution in [2.45, 2.75) is 4.90 Å². The van der Waals surface area contributed by atoms with Gasteiger partial charge in [-0.1, -0.05) is 30.3 Å². The first kappa shape index (κ1) is 12.5. The van der Waals surface area contributed by atoms with Gasteiger partial charge < -0.3 is 5.32 Å². The van der Waals surface area contributed by atoms with Gasteiger partial charge in [-0.15, -0.1) is 11.8 Å². The maximum absolute atomic E-state index is 3.55. The Morgan fingerprint density at radius 2 is 1.65 bits per heavy atom. The summed E-state index contributed by atoms with van der Waals surface area (Å²) in [6.45, 7) is 0.968. The molecule has 0 atom stereocenters. The molecule has 2 aromatic carbocycles. The lowest BCUT2D eigenvalue weighted by Crippen LogP contribution is -2.03. The molecule has 0 saturated carbocycles. The quantitative estimate of drug-likeness (QED) is 0.637. The Bertz CT molecular complexity index is 459. The number of nitrogens with one attached hydrogen (secondary N) is 1. The lowest BCUT2D eigenvalue weighted by atomic mass is 10.3. The van der Waals surface area contributed by atoms with E-state index in [2.05, 4.69) is 51.6 Å². The third-order valence-corrected chi connectivity index (χ3v) is 4.33. The zero-order valence-corrected chi connectivity index (χ0v) is 11.8. The molecule has 0 heterocycles.